The zero-order valence-corrected chi connectivity index (χ0v) is 19.3. The third-order valence-corrected chi connectivity index (χ3v) is 5.42. The number of hydrogen-bond acceptors (Lipinski definition) is 3. The van der Waals surface area contributed by atoms with E-state index in [0.29, 0.717) is 29.3 Å². The lowest BCUT2D eigenvalue weighted by atomic mass is 9.90. The molecule has 1 aliphatic carbocycles. The minimum absolute atomic E-state index is 0.0431. The van der Waals surface area contributed by atoms with Gasteiger partial charge in [0.15, 0.2) is 0 Å². The fraction of sp³-hybridized carbons (Fsp3) is 0.179. The number of carbonyl (C=O) groups excluding carboxylic acids is 3. The van der Waals surface area contributed by atoms with Crippen molar-refractivity contribution < 1.29 is 14.4 Å². The van der Waals surface area contributed by atoms with Crippen LogP contribution in [-0.2, 0) is 14.4 Å². The molecule has 3 amide bonds. The summed E-state index contributed by atoms with van der Waals surface area (Å²) in [4.78, 5) is 35.4. The summed E-state index contributed by atoms with van der Waals surface area (Å²) >= 11 is 0. The maximum atomic E-state index is 12.3. The van der Waals surface area contributed by atoms with Gasteiger partial charge in [-0.05, 0) is 79.3 Å². The third-order valence-electron chi connectivity index (χ3n) is 5.42. The normalized spacial score (nSPS) is 14.5. The first-order valence-corrected chi connectivity index (χ1v) is 11.1. The van der Waals surface area contributed by atoms with Crippen molar-refractivity contribution in [1.82, 2.24) is 0 Å². The van der Waals surface area contributed by atoms with Crippen LogP contribution in [-0.4, -0.2) is 17.7 Å². The van der Waals surface area contributed by atoms with Crippen LogP contribution < -0.4 is 16.0 Å². The van der Waals surface area contributed by atoms with Crippen LogP contribution in [0.1, 0.15) is 31.7 Å². The molecule has 1 aliphatic rings. The number of benzene rings is 2. The maximum Gasteiger partial charge on any atom is 0.250 e. The lowest BCUT2D eigenvalue weighted by Gasteiger charge is -2.16. The standard InChI is InChI=1S/C28H29N3O3/c1-4-26(32)29-23-14-16-24(17-15-23)30-27(33)18-7-20-5-8-21(9-6-20)22-10-12-25(13-11-22)31-28(34)19(2)3/h4-5,8-17,20H,1-2,6-7,18H2,3H3,(H,29,32)(H,30,33)(H,31,34). The van der Waals surface area contributed by atoms with E-state index in [1.54, 1.807) is 31.2 Å². The quantitative estimate of drug-likeness (QED) is 0.424. The smallest absolute Gasteiger partial charge is 0.250 e. The molecule has 0 fully saturated rings. The monoisotopic (exact) mass is 455 g/mol. The van der Waals surface area contributed by atoms with E-state index in [2.05, 4.69) is 47.3 Å². The van der Waals surface area contributed by atoms with Crippen LogP contribution in [0, 0.1) is 5.92 Å². The van der Waals surface area contributed by atoms with E-state index in [0.717, 1.165) is 29.7 Å². The van der Waals surface area contributed by atoms with Gasteiger partial charge in [0, 0.05) is 29.1 Å². The van der Waals surface area contributed by atoms with Gasteiger partial charge >= 0.3 is 0 Å². The number of nitrogens with one attached hydrogen (secondary N) is 3. The fourth-order valence-corrected chi connectivity index (χ4v) is 3.45. The highest BCUT2D eigenvalue weighted by molar-refractivity contribution is 6.03. The highest BCUT2D eigenvalue weighted by Crippen LogP contribution is 2.27. The van der Waals surface area contributed by atoms with Gasteiger partial charge in [0.2, 0.25) is 11.8 Å². The molecule has 0 saturated heterocycles. The Kier molecular flexibility index (Phi) is 8.35. The highest BCUT2D eigenvalue weighted by Gasteiger charge is 2.13. The molecule has 0 heterocycles. The van der Waals surface area contributed by atoms with Gasteiger partial charge in [-0.15, -0.1) is 0 Å². The zero-order chi connectivity index (χ0) is 24.5. The Morgan fingerprint density at radius 2 is 1.53 bits per heavy atom. The van der Waals surface area contributed by atoms with Gasteiger partial charge in [-0.3, -0.25) is 14.4 Å². The molecule has 1 atom stereocenters. The molecular weight excluding hydrogens is 426 g/mol. The Balaban J connectivity index is 1.44. The average Bonchev–Trinajstić information content (AvgIpc) is 2.84. The first-order chi connectivity index (χ1) is 16.3. The summed E-state index contributed by atoms with van der Waals surface area (Å²) in [6.07, 6.45) is 9.66. The van der Waals surface area contributed by atoms with Crippen LogP contribution in [0.25, 0.3) is 5.57 Å². The number of anilines is 3. The zero-order valence-electron chi connectivity index (χ0n) is 19.3. The Labute approximate surface area is 200 Å². The van der Waals surface area contributed by atoms with E-state index in [4.69, 9.17) is 0 Å². The lowest BCUT2D eigenvalue weighted by Crippen LogP contribution is -2.13. The molecule has 0 aromatic heterocycles. The molecule has 2 aromatic rings. The van der Waals surface area contributed by atoms with E-state index >= 15 is 0 Å². The SMILES string of the molecule is C=CC(=O)Nc1ccc(NC(=O)CCC2C=CC(c3ccc(NC(=O)C(=C)C)cc3)=CC2)cc1. The molecule has 1 unspecified atom stereocenters. The second kappa shape index (κ2) is 11.6. The fourth-order valence-electron chi connectivity index (χ4n) is 3.45. The number of hydrogen-bond donors (Lipinski definition) is 3. The van der Waals surface area contributed by atoms with Gasteiger partial charge in [0.25, 0.3) is 5.91 Å². The molecule has 174 valence electrons. The minimum atomic E-state index is -0.279. The van der Waals surface area contributed by atoms with Crippen LogP contribution in [0.2, 0.25) is 0 Å². The minimum Gasteiger partial charge on any atom is -0.326 e. The molecule has 6 nitrogen and oxygen atoms in total. The van der Waals surface area contributed by atoms with Gasteiger partial charge in [0.1, 0.15) is 0 Å². The topological polar surface area (TPSA) is 87.3 Å². The number of rotatable bonds is 9. The number of allylic oxidation sites excluding steroid dienone is 4. The van der Waals surface area contributed by atoms with Gasteiger partial charge < -0.3 is 16.0 Å². The lowest BCUT2D eigenvalue weighted by molar-refractivity contribution is -0.116. The first kappa shape index (κ1) is 24.5. The molecule has 3 rings (SSSR count). The van der Waals surface area contributed by atoms with E-state index in [9.17, 15) is 14.4 Å². The summed E-state index contributed by atoms with van der Waals surface area (Å²) < 4.78 is 0. The largest absolute Gasteiger partial charge is 0.326 e. The van der Waals surface area contributed by atoms with Crippen LogP contribution in [0.4, 0.5) is 17.1 Å². The molecule has 3 N–H and O–H groups in total. The van der Waals surface area contributed by atoms with Crippen molar-refractivity contribution in [2.45, 2.75) is 26.2 Å². The van der Waals surface area contributed by atoms with E-state index < -0.39 is 0 Å². The Morgan fingerprint density at radius 3 is 2.09 bits per heavy atom. The van der Waals surface area contributed by atoms with Gasteiger partial charge in [-0.1, -0.05) is 43.5 Å². The molecule has 0 radical (unpaired) electrons. The predicted molar refractivity (Wildman–Crippen MR) is 138 cm³/mol. The Morgan fingerprint density at radius 1 is 0.941 bits per heavy atom. The van der Waals surface area contributed by atoms with E-state index in [-0.39, 0.29) is 17.7 Å². The summed E-state index contributed by atoms with van der Waals surface area (Å²) in [5, 5.41) is 8.36. The Bertz CT molecular complexity index is 1140. The third kappa shape index (κ3) is 7.17. The summed E-state index contributed by atoms with van der Waals surface area (Å²) in [6, 6.07) is 14.7. The van der Waals surface area contributed by atoms with Gasteiger partial charge in [0.05, 0.1) is 0 Å². The highest BCUT2D eigenvalue weighted by atomic mass is 16.2. The number of carbonyl (C=O) groups is 3. The van der Waals surface area contributed by atoms with Crippen LogP contribution >= 0.6 is 0 Å². The van der Waals surface area contributed by atoms with Crippen LogP contribution in [0.5, 0.6) is 0 Å². The van der Waals surface area contributed by atoms with Crippen molar-refractivity contribution in [3.8, 4) is 0 Å². The molecule has 0 aliphatic heterocycles. The van der Waals surface area contributed by atoms with E-state index in [1.165, 1.54) is 6.08 Å². The second-order valence-electron chi connectivity index (χ2n) is 8.18. The summed E-state index contributed by atoms with van der Waals surface area (Å²) in [7, 11) is 0. The van der Waals surface area contributed by atoms with Crippen molar-refractivity contribution in [3.05, 3.63) is 97.1 Å². The van der Waals surface area contributed by atoms with E-state index in [1.807, 2.05) is 24.3 Å². The molecule has 6 heteroatoms. The van der Waals surface area contributed by atoms with Crippen LogP contribution in [0.15, 0.2) is 91.6 Å². The second-order valence-corrected chi connectivity index (χ2v) is 8.18. The van der Waals surface area contributed by atoms with Crippen molar-refractivity contribution in [2.75, 3.05) is 16.0 Å². The van der Waals surface area contributed by atoms with Crippen molar-refractivity contribution in [1.29, 1.82) is 0 Å². The molecule has 34 heavy (non-hydrogen) atoms. The summed E-state index contributed by atoms with van der Waals surface area (Å²) in [5.74, 6) is -0.206. The van der Waals surface area contributed by atoms with Crippen molar-refractivity contribution in [3.63, 3.8) is 0 Å². The maximum absolute atomic E-state index is 12.3. The molecular formula is C28H29N3O3. The summed E-state index contributed by atoms with van der Waals surface area (Å²) in [6.45, 7) is 8.73. The molecule has 0 bridgehead atoms. The first-order valence-electron chi connectivity index (χ1n) is 11.1. The molecule has 0 spiro atoms. The Hall–Kier alpha value is -4.19. The molecule has 0 saturated carbocycles. The predicted octanol–water partition coefficient (Wildman–Crippen LogP) is 5.70. The van der Waals surface area contributed by atoms with Crippen molar-refractivity contribution >= 4 is 40.4 Å². The summed E-state index contributed by atoms with van der Waals surface area (Å²) in [5.41, 5.74) is 4.73. The van der Waals surface area contributed by atoms with Crippen LogP contribution in [0.3, 0.4) is 0 Å². The van der Waals surface area contributed by atoms with Crippen molar-refractivity contribution in [2.24, 2.45) is 5.92 Å². The molecule has 2 aromatic carbocycles. The average molecular weight is 456 g/mol. The number of amides is 3. The van der Waals surface area contributed by atoms with Gasteiger partial charge in [-0.2, -0.15) is 0 Å². The van der Waals surface area contributed by atoms with Gasteiger partial charge in [-0.25, -0.2) is 0 Å².